The lowest BCUT2D eigenvalue weighted by Gasteiger charge is -2.18. The van der Waals surface area contributed by atoms with E-state index in [1.54, 1.807) is 0 Å². The molecule has 6 heteroatoms. The first-order valence-electron chi connectivity index (χ1n) is 34.2. The maximum atomic E-state index is 12.9. The van der Waals surface area contributed by atoms with Crippen LogP contribution in [0.15, 0.2) is 134 Å². The summed E-state index contributed by atoms with van der Waals surface area (Å²) in [6.07, 6.45) is 97.8. The van der Waals surface area contributed by atoms with Crippen LogP contribution in [0.1, 0.15) is 310 Å². The molecule has 0 aliphatic carbocycles. The van der Waals surface area contributed by atoms with E-state index in [2.05, 4.69) is 148 Å². The lowest BCUT2D eigenvalue weighted by atomic mass is 10.0. The quantitative estimate of drug-likeness (QED) is 0.0261. The van der Waals surface area contributed by atoms with Crippen molar-refractivity contribution in [3.05, 3.63) is 134 Å². The lowest BCUT2D eigenvalue weighted by Crippen LogP contribution is -2.30. The van der Waals surface area contributed by atoms with Crippen LogP contribution in [0.5, 0.6) is 0 Å². The van der Waals surface area contributed by atoms with Gasteiger partial charge in [0.1, 0.15) is 13.2 Å². The highest BCUT2D eigenvalue weighted by Gasteiger charge is 2.19. The molecule has 0 bridgehead atoms. The number of rotatable bonds is 61. The number of hydrogen-bond acceptors (Lipinski definition) is 6. The highest BCUT2D eigenvalue weighted by Crippen LogP contribution is 2.17. The van der Waals surface area contributed by atoms with Crippen LogP contribution < -0.4 is 0 Å². The van der Waals surface area contributed by atoms with Crippen molar-refractivity contribution < 1.29 is 28.6 Å². The molecule has 0 N–H and O–H groups in total. The third kappa shape index (κ3) is 66.4. The summed E-state index contributed by atoms with van der Waals surface area (Å²) in [4.78, 5) is 38.3. The Bertz CT molecular complexity index is 1730. The standard InChI is InChI=1S/C76H126O6/c1-4-7-10-13-16-19-22-25-27-29-31-33-35-37-38-39-41-42-44-46-48-51-54-57-60-63-66-69-75(78)81-72-73(71-80-74(77)68-65-62-59-56-53-50-24-21-18-15-12-9-6-3)82-76(79)70-67-64-61-58-55-52-49-47-45-43-40-36-34-32-30-28-26-23-20-17-14-11-8-5-2/h7,9-10,12,16,18-19,21,25,27,31,33,37-38,41-42,46,48,50,53,59,62,73H,4-6,8,11,13-15,17,20,22-24,26,28-30,32,34-36,39-40,43-45,47,49,51-52,54-58,60-61,63-72H2,1-3H3/b10-7-,12-9-,19-16-,21-18-,27-25-,33-31-,38-37-,42-41-,48-46-,53-50-,62-59-. The highest BCUT2D eigenvalue weighted by molar-refractivity contribution is 5.71. The second kappa shape index (κ2) is 69.0. The predicted octanol–water partition coefficient (Wildman–Crippen LogP) is 23.7. The average molecular weight is 1140 g/mol. The van der Waals surface area contributed by atoms with Gasteiger partial charge in [-0.25, -0.2) is 0 Å². The lowest BCUT2D eigenvalue weighted by molar-refractivity contribution is -0.166. The summed E-state index contributed by atoms with van der Waals surface area (Å²) in [5.41, 5.74) is 0. The number of ether oxygens (including phenoxy) is 3. The van der Waals surface area contributed by atoms with Gasteiger partial charge in [-0.05, 0) is 103 Å². The molecule has 0 aromatic heterocycles. The topological polar surface area (TPSA) is 78.9 Å². The van der Waals surface area contributed by atoms with Crippen molar-refractivity contribution in [3.63, 3.8) is 0 Å². The van der Waals surface area contributed by atoms with Gasteiger partial charge in [0, 0.05) is 19.3 Å². The molecule has 0 radical (unpaired) electrons. The van der Waals surface area contributed by atoms with Gasteiger partial charge in [-0.1, -0.05) is 321 Å². The Morgan fingerprint density at radius 2 is 0.500 bits per heavy atom. The number of allylic oxidation sites excluding steroid dienone is 22. The molecule has 0 amide bonds. The second-order valence-corrected chi connectivity index (χ2v) is 22.3. The van der Waals surface area contributed by atoms with E-state index in [-0.39, 0.29) is 37.5 Å². The predicted molar refractivity (Wildman–Crippen MR) is 357 cm³/mol. The highest BCUT2D eigenvalue weighted by atomic mass is 16.6. The zero-order valence-electron chi connectivity index (χ0n) is 53.5. The summed E-state index contributed by atoms with van der Waals surface area (Å²) in [5, 5.41) is 0. The molecule has 0 heterocycles. The first kappa shape index (κ1) is 77.5. The summed E-state index contributed by atoms with van der Waals surface area (Å²) < 4.78 is 16.9. The minimum Gasteiger partial charge on any atom is -0.462 e. The van der Waals surface area contributed by atoms with E-state index in [1.807, 2.05) is 6.08 Å². The van der Waals surface area contributed by atoms with Crippen LogP contribution in [0.3, 0.4) is 0 Å². The van der Waals surface area contributed by atoms with Crippen molar-refractivity contribution in [2.24, 2.45) is 0 Å². The number of esters is 3. The molecule has 466 valence electrons. The van der Waals surface area contributed by atoms with Crippen LogP contribution in [0.4, 0.5) is 0 Å². The molecule has 0 aromatic carbocycles. The van der Waals surface area contributed by atoms with Gasteiger partial charge in [0.15, 0.2) is 6.10 Å². The largest absolute Gasteiger partial charge is 0.462 e. The molecule has 1 unspecified atom stereocenters. The van der Waals surface area contributed by atoms with Crippen molar-refractivity contribution in [3.8, 4) is 0 Å². The fraction of sp³-hybridized carbons (Fsp3) is 0.671. The molecule has 6 nitrogen and oxygen atoms in total. The van der Waals surface area contributed by atoms with Crippen molar-refractivity contribution in [1.82, 2.24) is 0 Å². The third-order valence-electron chi connectivity index (χ3n) is 14.4. The van der Waals surface area contributed by atoms with Gasteiger partial charge in [-0.15, -0.1) is 0 Å². The molecule has 0 spiro atoms. The van der Waals surface area contributed by atoms with Crippen molar-refractivity contribution in [2.45, 2.75) is 316 Å². The average Bonchev–Trinajstić information content (AvgIpc) is 3.47. The first-order valence-corrected chi connectivity index (χ1v) is 34.2. The zero-order chi connectivity index (χ0) is 59.2. The van der Waals surface area contributed by atoms with Gasteiger partial charge in [0.25, 0.3) is 0 Å². The van der Waals surface area contributed by atoms with Gasteiger partial charge in [-0.3, -0.25) is 14.4 Å². The molecule has 0 aromatic rings. The van der Waals surface area contributed by atoms with Gasteiger partial charge >= 0.3 is 17.9 Å². The Morgan fingerprint density at radius 3 is 0.817 bits per heavy atom. The molecular formula is C76H126O6. The first-order chi connectivity index (χ1) is 40.5. The summed E-state index contributed by atoms with van der Waals surface area (Å²) in [6, 6.07) is 0. The molecular weight excluding hydrogens is 1010 g/mol. The second-order valence-electron chi connectivity index (χ2n) is 22.3. The molecule has 0 saturated heterocycles. The van der Waals surface area contributed by atoms with E-state index in [0.717, 1.165) is 128 Å². The summed E-state index contributed by atoms with van der Waals surface area (Å²) in [5.74, 6) is -1.01. The number of unbranched alkanes of at least 4 members (excludes halogenated alkanes) is 28. The molecule has 0 aliphatic heterocycles. The smallest absolute Gasteiger partial charge is 0.306 e. The van der Waals surface area contributed by atoms with Crippen LogP contribution in [0, 0.1) is 0 Å². The number of carbonyl (C=O) groups excluding carboxylic acids is 3. The zero-order valence-corrected chi connectivity index (χ0v) is 53.5. The summed E-state index contributed by atoms with van der Waals surface area (Å²) >= 11 is 0. The van der Waals surface area contributed by atoms with Crippen LogP contribution >= 0.6 is 0 Å². The van der Waals surface area contributed by atoms with E-state index >= 15 is 0 Å². The SMILES string of the molecule is CC/C=C\C/C=C\C/C=C\C/C=C\C/C=C\C/C=C\C/C=C\CCCCCCCC(=O)OCC(COC(=O)CC/C=C\C/C=C\C/C=C\C/C=C\CC)OC(=O)CCCCCCCCCCCCCCCCCCCCCCCCCC. The molecule has 0 saturated carbocycles. The monoisotopic (exact) mass is 1130 g/mol. The van der Waals surface area contributed by atoms with Crippen LogP contribution in [-0.4, -0.2) is 37.2 Å². The number of hydrogen-bond donors (Lipinski definition) is 0. The van der Waals surface area contributed by atoms with Gasteiger partial charge in [-0.2, -0.15) is 0 Å². The van der Waals surface area contributed by atoms with E-state index in [4.69, 9.17) is 14.2 Å². The van der Waals surface area contributed by atoms with Crippen LogP contribution in [-0.2, 0) is 28.6 Å². The van der Waals surface area contributed by atoms with Crippen molar-refractivity contribution in [1.29, 1.82) is 0 Å². The fourth-order valence-corrected chi connectivity index (χ4v) is 9.38. The van der Waals surface area contributed by atoms with Gasteiger partial charge in [0.05, 0.1) is 0 Å². The van der Waals surface area contributed by atoms with Crippen molar-refractivity contribution in [2.75, 3.05) is 13.2 Å². The van der Waals surface area contributed by atoms with Crippen LogP contribution in [0.25, 0.3) is 0 Å². The minimum atomic E-state index is -0.820. The third-order valence-corrected chi connectivity index (χ3v) is 14.4. The summed E-state index contributed by atoms with van der Waals surface area (Å²) in [6.45, 7) is 6.36. The van der Waals surface area contributed by atoms with E-state index in [9.17, 15) is 14.4 Å². The van der Waals surface area contributed by atoms with Gasteiger partial charge in [0.2, 0.25) is 0 Å². The molecule has 0 rings (SSSR count). The maximum Gasteiger partial charge on any atom is 0.306 e. The Labute approximate surface area is 506 Å². The minimum absolute atomic E-state index is 0.112. The Kier molecular flexibility index (Phi) is 65.3. The normalized spacial score (nSPS) is 13.0. The fourth-order valence-electron chi connectivity index (χ4n) is 9.38. The summed E-state index contributed by atoms with van der Waals surface area (Å²) in [7, 11) is 0. The van der Waals surface area contributed by atoms with Crippen LogP contribution in [0.2, 0.25) is 0 Å². The Balaban J connectivity index is 4.38. The molecule has 82 heavy (non-hydrogen) atoms. The Hall–Kier alpha value is -4.45. The molecule has 0 fully saturated rings. The van der Waals surface area contributed by atoms with Crippen molar-refractivity contribution >= 4 is 17.9 Å². The van der Waals surface area contributed by atoms with Gasteiger partial charge < -0.3 is 14.2 Å². The van der Waals surface area contributed by atoms with E-state index in [0.29, 0.717) is 19.3 Å². The molecule has 1 atom stereocenters. The molecule has 0 aliphatic rings. The maximum absolute atomic E-state index is 12.9. The number of carbonyl (C=O) groups is 3. The Morgan fingerprint density at radius 1 is 0.256 bits per heavy atom. The van der Waals surface area contributed by atoms with E-state index in [1.165, 1.54) is 135 Å². The van der Waals surface area contributed by atoms with E-state index < -0.39 is 6.10 Å².